The average molecular weight is 419 g/mol. The van der Waals surface area contributed by atoms with Gasteiger partial charge in [0.15, 0.2) is 0 Å². The molecule has 4 heterocycles. The molecule has 160 valence electrons. The molecule has 0 radical (unpaired) electrons. The summed E-state index contributed by atoms with van der Waals surface area (Å²) in [6.07, 6.45) is 10.0. The van der Waals surface area contributed by atoms with Crippen molar-refractivity contribution in [3.63, 3.8) is 0 Å². The maximum atomic E-state index is 5.93. The Morgan fingerprint density at radius 3 is 2.52 bits per heavy atom. The number of fused-ring (bicyclic) bond motifs is 1. The van der Waals surface area contributed by atoms with Gasteiger partial charge in [-0.25, -0.2) is 19.9 Å². The van der Waals surface area contributed by atoms with Gasteiger partial charge >= 0.3 is 0 Å². The molecule has 1 saturated heterocycles. The van der Waals surface area contributed by atoms with Gasteiger partial charge in [-0.15, -0.1) is 0 Å². The third-order valence-corrected chi connectivity index (χ3v) is 5.66. The minimum atomic E-state index is 0.135. The molecular formula is C22H26N8O. The Morgan fingerprint density at radius 1 is 1.00 bits per heavy atom. The lowest BCUT2D eigenvalue weighted by Gasteiger charge is -2.36. The number of hydrazone groups is 1. The molecule has 1 N–H and O–H groups in total. The number of rotatable bonds is 5. The molecule has 3 aliphatic rings. The molecule has 1 fully saturated rings. The molecule has 0 aromatic carbocycles. The molecule has 1 aliphatic carbocycles. The summed E-state index contributed by atoms with van der Waals surface area (Å²) in [4.78, 5) is 22.0. The molecule has 31 heavy (non-hydrogen) atoms. The van der Waals surface area contributed by atoms with Crippen LogP contribution >= 0.6 is 0 Å². The number of ether oxygens (including phenoxy) is 1. The van der Waals surface area contributed by atoms with Crippen LogP contribution in [0.1, 0.15) is 26.0 Å². The molecule has 9 heteroatoms. The fraction of sp³-hybridized carbons (Fsp3) is 0.409. The minimum Gasteiger partial charge on any atom is -0.495 e. The van der Waals surface area contributed by atoms with Crippen molar-refractivity contribution < 1.29 is 4.74 Å². The van der Waals surface area contributed by atoms with Crippen molar-refractivity contribution in [1.29, 1.82) is 0 Å². The summed E-state index contributed by atoms with van der Waals surface area (Å²) in [5.41, 5.74) is 6.04. The zero-order valence-corrected chi connectivity index (χ0v) is 17.8. The highest BCUT2D eigenvalue weighted by atomic mass is 16.5. The smallest absolute Gasteiger partial charge is 0.132 e. The zero-order chi connectivity index (χ0) is 21.2. The van der Waals surface area contributed by atoms with E-state index >= 15 is 0 Å². The monoisotopic (exact) mass is 418 g/mol. The lowest BCUT2D eigenvalue weighted by molar-refractivity contribution is 0.136. The number of hydrogen-bond donors (Lipinski definition) is 1. The van der Waals surface area contributed by atoms with Gasteiger partial charge in [0, 0.05) is 50.6 Å². The maximum absolute atomic E-state index is 5.93. The molecule has 0 bridgehead atoms. The number of allylic oxidation sites excluding steroid dienone is 4. The first kappa shape index (κ1) is 19.5. The molecule has 0 saturated carbocycles. The Balaban J connectivity index is 1.28. The minimum absolute atomic E-state index is 0.135. The number of hydrogen-bond acceptors (Lipinski definition) is 9. The summed E-state index contributed by atoms with van der Waals surface area (Å²) in [5.74, 6) is 3.01. The number of nitrogens with one attached hydrogen (secondary N) is 1. The van der Waals surface area contributed by atoms with E-state index in [4.69, 9.17) is 4.74 Å². The molecule has 0 unspecified atom stereocenters. The van der Waals surface area contributed by atoms with E-state index in [0.717, 1.165) is 67.1 Å². The fourth-order valence-electron chi connectivity index (χ4n) is 4.16. The Morgan fingerprint density at radius 2 is 1.77 bits per heavy atom. The predicted molar refractivity (Wildman–Crippen MR) is 119 cm³/mol. The second-order valence-corrected chi connectivity index (χ2v) is 8.09. The van der Waals surface area contributed by atoms with Crippen LogP contribution in [0.3, 0.4) is 0 Å². The van der Waals surface area contributed by atoms with E-state index in [1.807, 2.05) is 32.1 Å². The first-order chi connectivity index (χ1) is 15.2. The highest BCUT2D eigenvalue weighted by Crippen LogP contribution is 2.32. The standard InChI is InChI=1S/C22H26N8O/c1-15(2)31-16-3-4-18-17(11-16)22(28-27-18)19-12-21(26-14-24-19)30-9-7-29(8-10-30)20-5-6-23-13-25-20/h3-6,12-15,17,27H,7-11H2,1-2H3/t17-/m0/s1. The largest absolute Gasteiger partial charge is 0.495 e. The topological polar surface area (TPSA) is 91.7 Å². The van der Waals surface area contributed by atoms with Crippen molar-refractivity contribution in [1.82, 2.24) is 25.4 Å². The Kier molecular flexibility index (Phi) is 5.23. The van der Waals surface area contributed by atoms with E-state index in [1.165, 1.54) is 0 Å². The van der Waals surface area contributed by atoms with Crippen LogP contribution in [0.5, 0.6) is 0 Å². The Hall–Kier alpha value is -3.49. The normalized spacial score (nSPS) is 20.6. The number of aromatic nitrogens is 4. The zero-order valence-electron chi connectivity index (χ0n) is 17.8. The first-order valence-electron chi connectivity index (χ1n) is 10.7. The lowest BCUT2D eigenvalue weighted by Crippen LogP contribution is -2.47. The van der Waals surface area contributed by atoms with Gasteiger partial charge in [0.1, 0.15) is 24.3 Å². The summed E-state index contributed by atoms with van der Waals surface area (Å²) in [5, 5.41) is 4.58. The third kappa shape index (κ3) is 4.08. The molecule has 1 atom stereocenters. The van der Waals surface area contributed by atoms with Crippen LogP contribution in [0, 0.1) is 5.92 Å². The van der Waals surface area contributed by atoms with Gasteiger partial charge in [0.05, 0.1) is 29.2 Å². The summed E-state index contributed by atoms with van der Waals surface area (Å²) < 4.78 is 5.93. The van der Waals surface area contributed by atoms with Crippen LogP contribution in [0.2, 0.25) is 0 Å². The van der Waals surface area contributed by atoms with Gasteiger partial charge in [-0.05, 0) is 32.1 Å². The number of piperazine rings is 1. The third-order valence-electron chi connectivity index (χ3n) is 5.66. The van der Waals surface area contributed by atoms with Crippen molar-refractivity contribution in [2.75, 3.05) is 36.0 Å². The van der Waals surface area contributed by atoms with Crippen molar-refractivity contribution in [2.24, 2.45) is 11.0 Å². The molecule has 2 aliphatic heterocycles. The molecule has 0 spiro atoms. The van der Waals surface area contributed by atoms with Crippen LogP contribution in [0.4, 0.5) is 11.6 Å². The first-order valence-corrected chi connectivity index (χ1v) is 10.7. The van der Waals surface area contributed by atoms with E-state index in [1.54, 1.807) is 18.9 Å². The summed E-state index contributed by atoms with van der Waals surface area (Å²) in [6, 6.07) is 4.00. The van der Waals surface area contributed by atoms with E-state index < -0.39 is 0 Å². The van der Waals surface area contributed by atoms with Gasteiger partial charge in [-0.3, -0.25) is 5.43 Å². The van der Waals surface area contributed by atoms with Crippen LogP contribution in [0.15, 0.2) is 59.7 Å². The van der Waals surface area contributed by atoms with Crippen molar-refractivity contribution in [3.8, 4) is 0 Å². The van der Waals surface area contributed by atoms with E-state index in [2.05, 4.69) is 46.3 Å². The summed E-state index contributed by atoms with van der Waals surface area (Å²) in [6.45, 7) is 7.60. The second kappa shape index (κ2) is 8.33. The second-order valence-electron chi connectivity index (χ2n) is 8.09. The van der Waals surface area contributed by atoms with E-state index in [-0.39, 0.29) is 12.0 Å². The molecular weight excluding hydrogens is 392 g/mol. The maximum Gasteiger partial charge on any atom is 0.132 e. The molecule has 2 aromatic heterocycles. The van der Waals surface area contributed by atoms with E-state index in [9.17, 15) is 0 Å². The van der Waals surface area contributed by atoms with Crippen molar-refractivity contribution >= 4 is 17.3 Å². The molecule has 9 nitrogen and oxygen atoms in total. The molecule has 0 amide bonds. The Bertz CT molecular complexity index is 1020. The lowest BCUT2D eigenvalue weighted by atomic mass is 9.90. The number of nitrogens with zero attached hydrogens (tertiary/aromatic N) is 7. The van der Waals surface area contributed by atoms with Crippen LogP contribution in [-0.2, 0) is 4.74 Å². The fourth-order valence-corrected chi connectivity index (χ4v) is 4.16. The predicted octanol–water partition coefficient (Wildman–Crippen LogP) is 2.11. The van der Waals surface area contributed by atoms with Gasteiger partial charge in [-0.2, -0.15) is 5.10 Å². The van der Waals surface area contributed by atoms with Crippen LogP contribution in [-0.4, -0.2) is 57.9 Å². The van der Waals surface area contributed by atoms with Gasteiger partial charge < -0.3 is 14.5 Å². The van der Waals surface area contributed by atoms with Crippen molar-refractivity contribution in [3.05, 3.63) is 60.3 Å². The highest BCUT2D eigenvalue weighted by Gasteiger charge is 2.32. The average Bonchev–Trinajstić information content (AvgIpc) is 3.23. The van der Waals surface area contributed by atoms with Gasteiger partial charge in [-0.1, -0.05) is 0 Å². The van der Waals surface area contributed by atoms with E-state index in [0.29, 0.717) is 0 Å². The quantitative estimate of drug-likeness (QED) is 0.790. The van der Waals surface area contributed by atoms with Crippen LogP contribution < -0.4 is 15.2 Å². The van der Waals surface area contributed by atoms with Gasteiger partial charge in [0.25, 0.3) is 0 Å². The summed E-state index contributed by atoms with van der Waals surface area (Å²) >= 11 is 0. The van der Waals surface area contributed by atoms with Crippen LogP contribution in [0.25, 0.3) is 0 Å². The Labute approximate surface area is 181 Å². The highest BCUT2D eigenvalue weighted by molar-refractivity contribution is 6.04. The number of anilines is 2. The molecule has 5 rings (SSSR count). The van der Waals surface area contributed by atoms with Gasteiger partial charge in [0.2, 0.25) is 0 Å². The van der Waals surface area contributed by atoms with Crippen molar-refractivity contribution in [2.45, 2.75) is 26.4 Å². The molecule has 2 aromatic rings. The SMILES string of the molecule is CC(C)OC1=CC=C2NN=C(c3cc(N4CCN(c5ccncn5)CC4)ncn3)[C@H]2C1. The summed E-state index contributed by atoms with van der Waals surface area (Å²) in [7, 11) is 0.